The lowest BCUT2D eigenvalue weighted by molar-refractivity contribution is -0.149. The number of aromatic hydroxyl groups is 1. The van der Waals surface area contributed by atoms with Crippen molar-refractivity contribution in [1.29, 1.82) is 0 Å². The summed E-state index contributed by atoms with van der Waals surface area (Å²) >= 11 is 0. The van der Waals surface area contributed by atoms with E-state index in [0.29, 0.717) is 6.42 Å². The number of carbonyl (C=O) groups is 1. The second-order valence-electron chi connectivity index (χ2n) is 5.04. The van der Waals surface area contributed by atoms with Crippen molar-refractivity contribution in [3.8, 4) is 5.75 Å². The minimum atomic E-state index is -0.636. The maximum Gasteiger partial charge on any atom is 0.325 e. The summed E-state index contributed by atoms with van der Waals surface area (Å²) in [4.78, 5) is 11.8. The third kappa shape index (κ3) is 2.48. The third-order valence-electron chi connectivity index (χ3n) is 3.64. The van der Waals surface area contributed by atoms with Crippen LogP contribution in [0, 0.1) is 0 Å². The molecule has 0 bridgehead atoms. The van der Waals surface area contributed by atoms with Crippen LogP contribution < -0.4 is 5.32 Å². The second kappa shape index (κ2) is 4.98. The molecule has 1 aliphatic rings. The average Bonchev–Trinajstić information content (AvgIpc) is 2.38. The van der Waals surface area contributed by atoms with Gasteiger partial charge in [-0.2, -0.15) is 0 Å². The molecule has 4 nitrogen and oxygen atoms in total. The Bertz CT molecular complexity index is 446. The fourth-order valence-corrected chi connectivity index (χ4v) is 2.63. The zero-order valence-electron chi connectivity index (χ0n) is 10.8. The van der Waals surface area contributed by atoms with Crippen molar-refractivity contribution in [2.24, 2.45) is 0 Å². The van der Waals surface area contributed by atoms with Gasteiger partial charge >= 0.3 is 5.97 Å². The Kier molecular flexibility index (Phi) is 3.57. The average molecular weight is 249 g/mol. The number of hydrogen-bond donors (Lipinski definition) is 2. The summed E-state index contributed by atoms with van der Waals surface area (Å²) in [5.41, 5.74) is 0.440. The molecule has 0 aliphatic carbocycles. The maximum atomic E-state index is 11.8. The van der Waals surface area contributed by atoms with E-state index >= 15 is 0 Å². The molecule has 1 aromatic rings. The van der Waals surface area contributed by atoms with Crippen LogP contribution in [0.4, 0.5) is 0 Å². The number of nitrogens with one attached hydrogen (secondary N) is 1. The van der Waals surface area contributed by atoms with Crippen molar-refractivity contribution in [2.45, 2.75) is 31.2 Å². The zero-order valence-corrected chi connectivity index (χ0v) is 10.8. The van der Waals surface area contributed by atoms with Crippen molar-refractivity contribution in [3.63, 3.8) is 0 Å². The molecule has 98 valence electrons. The topological polar surface area (TPSA) is 58.6 Å². The summed E-state index contributed by atoms with van der Waals surface area (Å²) in [6.07, 6.45) is 1.64. The first kappa shape index (κ1) is 12.9. The predicted molar refractivity (Wildman–Crippen MR) is 68.5 cm³/mol. The molecule has 2 unspecified atom stereocenters. The minimum absolute atomic E-state index is 0.229. The second-order valence-corrected chi connectivity index (χ2v) is 5.04. The molecular weight excluding hydrogens is 230 g/mol. The number of piperidine rings is 1. The summed E-state index contributed by atoms with van der Waals surface area (Å²) in [5.74, 6) is 0.306. The number of ether oxygens (including phenoxy) is 1. The van der Waals surface area contributed by atoms with Gasteiger partial charge in [0.1, 0.15) is 11.3 Å². The van der Waals surface area contributed by atoms with Gasteiger partial charge in [-0.25, -0.2) is 0 Å². The molecule has 0 aromatic heterocycles. The largest absolute Gasteiger partial charge is 0.508 e. The Morgan fingerprint density at radius 3 is 3.00 bits per heavy atom. The van der Waals surface area contributed by atoms with E-state index in [1.54, 1.807) is 12.1 Å². The molecule has 0 amide bonds. The monoisotopic (exact) mass is 249 g/mol. The molecule has 0 spiro atoms. The van der Waals surface area contributed by atoms with Crippen molar-refractivity contribution in [1.82, 2.24) is 5.32 Å². The van der Waals surface area contributed by atoms with Gasteiger partial charge in [-0.05, 0) is 49.9 Å². The molecule has 2 rings (SSSR count). The molecule has 2 N–H and O–H groups in total. The highest BCUT2D eigenvalue weighted by Gasteiger charge is 2.39. The Hall–Kier alpha value is -1.55. The number of benzene rings is 1. The van der Waals surface area contributed by atoms with Gasteiger partial charge in [0.15, 0.2) is 0 Å². The fraction of sp³-hybridized carbons (Fsp3) is 0.500. The van der Waals surface area contributed by atoms with Crippen LogP contribution in [0.15, 0.2) is 24.3 Å². The molecule has 0 saturated carbocycles. The first-order valence-corrected chi connectivity index (χ1v) is 6.17. The van der Waals surface area contributed by atoms with E-state index in [1.165, 1.54) is 7.11 Å². The van der Waals surface area contributed by atoms with Gasteiger partial charge in [-0.1, -0.05) is 12.1 Å². The number of methoxy groups -OCH3 is 1. The zero-order chi connectivity index (χ0) is 13.2. The fourth-order valence-electron chi connectivity index (χ4n) is 2.63. The highest BCUT2D eigenvalue weighted by atomic mass is 16.5. The number of phenolic OH excluding ortho intramolecular Hbond substituents is 1. The van der Waals surface area contributed by atoms with Gasteiger partial charge in [0.2, 0.25) is 0 Å². The van der Waals surface area contributed by atoms with Crippen LogP contribution in [0.3, 0.4) is 0 Å². The molecule has 1 fully saturated rings. The molecular formula is C14H19NO3. The Balaban J connectivity index is 2.19. The molecule has 1 heterocycles. The Labute approximate surface area is 107 Å². The van der Waals surface area contributed by atoms with E-state index in [2.05, 4.69) is 5.32 Å². The predicted octanol–water partition coefficient (Wildman–Crippen LogP) is 1.79. The van der Waals surface area contributed by atoms with Crippen LogP contribution in [-0.2, 0) is 9.53 Å². The van der Waals surface area contributed by atoms with Crippen LogP contribution >= 0.6 is 0 Å². The van der Waals surface area contributed by atoms with E-state index in [0.717, 1.165) is 18.5 Å². The first-order chi connectivity index (χ1) is 8.55. The van der Waals surface area contributed by atoms with Gasteiger partial charge in [0.05, 0.1) is 7.11 Å². The molecule has 4 heteroatoms. The van der Waals surface area contributed by atoms with Crippen LogP contribution in [-0.4, -0.2) is 30.3 Å². The van der Waals surface area contributed by atoms with Crippen molar-refractivity contribution < 1.29 is 14.6 Å². The van der Waals surface area contributed by atoms with Gasteiger partial charge in [0, 0.05) is 0 Å². The summed E-state index contributed by atoms with van der Waals surface area (Å²) in [6, 6.07) is 7.26. The smallest absolute Gasteiger partial charge is 0.325 e. The van der Waals surface area contributed by atoms with Gasteiger partial charge < -0.3 is 15.2 Å². The van der Waals surface area contributed by atoms with Crippen molar-refractivity contribution in [2.75, 3.05) is 13.7 Å². The van der Waals surface area contributed by atoms with Crippen LogP contribution in [0.2, 0.25) is 0 Å². The number of phenols is 1. The van der Waals surface area contributed by atoms with Crippen LogP contribution in [0.1, 0.15) is 31.2 Å². The van der Waals surface area contributed by atoms with E-state index in [-0.39, 0.29) is 17.6 Å². The molecule has 1 aromatic carbocycles. The number of hydrogen-bond acceptors (Lipinski definition) is 4. The molecule has 1 aliphatic heterocycles. The maximum absolute atomic E-state index is 11.8. The SMILES string of the molecule is COC(=O)C1(C)CC(c2cccc(O)c2)CCN1. The quantitative estimate of drug-likeness (QED) is 0.785. The number of rotatable bonds is 2. The standard InChI is InChI=1S/C14H19NO3/c1-14(13(17)18-2)9-11(6-7-15-14)10-4-3-5-12(16)8-10/h3-5,8,11,15-16H,6-7,9H2,1-2H3. The van der Waals surface area contributed by atoms with Crippen molar-refractivity contribution >= 4 is 5.97 Å². The van der Waals surface area contributed by atoms with Crippen LogP contribution in [0.25, 0.3) is 0 Å². The first-order valence-electron chi connectivity index (χ1n) is 6.17. The lowest BCUT2D eigenvalue weighted by atomic mass is 9.79. The summed E-state index contributed by atoms with van der Waals surface area (Å²) < 4.78 is 4.85. The molecule has 0 radical (unpaired) electrons. The third-order valence-corrected chi connectivity index (χ3v) is 3.64. The van der Waals surface area contributed by atoms with E-state index in [4.69, 9.17) is 4.74 Å². The number of esters is 1. The van der Waals surface area contributed by atoms with E-state index in [1.807, 2.05) is 19.1 Å². The summed E-state index contributed by atoms with van der Waals surface area (Å²) in [5, 5.41) is 12.7. The highest BCUT2D eigenvalue weighted by molar-refractivity contribution is 5.80. The van der Waals surface area contributed by atoms with Gasteiger partial charge in [-0.15, -0.1) is 0 Å². The van der Waals surface area contributed by atoms with E-state index in [9.17, 15) is 9.90 Å². The Morgan fingerprint density at radius 2 is 2.33 bits per heavy atom. The highest BCUT2D eigenvalue weighted by Crippen LogP contribution is 2.34. The molecule has 18 heavy (non-hydrogen) atoms. The number of carbonyl (C=O) groups excluding carboxylic acids is 1. The Morgan fingerprint density at radius 1 is 1.56 bits per heavy atom. The minimum Gasteiger partial charge on any atom is -0.508 e. The lowest BCUT2D eigenvalue weighted by Gasteiger charge is -2.37. The van der Waals surface area contributed by atoms with Crippen LogP contribution in [0.5, 0.6) is 5.75 Å². The summed E-state index contributed by atoms with van der Waals surface area (Å²) in [6.45, 7) is 2.64. The normalized spacial score (nSPS) is 27.8. The van der Waals surface area contributed by atoms with Crippen molar-refractivity contribution in [3.05, 3.63) is 29.8 Å². The van der Waals surface area contributed by atoms with Gasteiger partial charge in [0.25, 0.3) is 0 Å². The lowest BCUT2D eigenvalue weighted by Crippen LogP contribution is -2.54. The molecule has 2 atom stereocenters. The van der Waals surface area contributed by atoms with E-state index < -0.39 is 5.54 Å². The summed E-state index contributed by atoms with van der Waals surface area (Å²) in [7, 11) is 1.41. The molecule has 1 saturated heterocycles. The van der Waals surface area contributed by atoms with Gasteiger partial charge in [-0.3, -0.25) is 4.79 Å².